The van der Waals surface area contributed by atoms with Crippen LogP contribution >= 0.6 is 0 Å². The molecule has 5 heteroatoms. The molecule has 2 fully saturated rings. The summed E-state index contributed by atoms with van der Waals surface area (Å²) in [6, 6.07) is 10.4. The van der Waals surface area contributed by atoms with Gasteiger partial charge in [0, 0.05) is 46.2 Å². The van der Waals surface area contributed by atoms with E-state index in [1.54, 1.807) is 6.92 Å². The molecule has 0 spiro atoms. The molecule has 1 saturated heterocycles. The van der Waals surface area contributed by atoms with Gasteiger partial charge < -0.3 is 9.80 Å². The number of benzene rings is 1. The van der Waals surface area contributed by atoms with E-state index in [0.29, 0.717) is 32.7 Å². The largest absolute Gasteiger partial charge is 0.339 e. The molecule has 25 heavy (non-hydrogen) atoms. The van der Waals surface area contributed by atoms with Gasteiger partial charge >= 0.3 is 0 Å². The van der Waals surface area contributed by atoms with Crippen LogP contribution in [-0.4, -0.2) is 65.8 Å². The Balaban J connectivity index is 1.55. The van der Waals surface area contributed by atoms with Gasteiger partial charge in [0.05, 0.1) is 6.54 Å². The van der Waals surface area contributed by atoms with Crippen molar-refractivity contribution in [3.05, 3.63) is 35.9 Å². The Morgan fingerprint density at radius 3 is 2.24 bits per heavy atom. The molecule has 5 nitrogen and oxygen atoms in total. The first-order valence-electron chi connectivity index (χ1n) is 9.41. The predicted octanol–water partition coefficient (Wildman–Crippen LogP) is 1.98. The Bertz CT molecular complexity index is 578. The van der Waals surface area contributed by atoms with Crippen LogP contribution in [0.3, 0.4) is 0 Å². The molecule has 0 bridgehead atoms. The fourth-order valence-corrected chi connectivity index (χ4v) is 3.63. The maximum atomic E-state index is 12.7. The molecule has 2 aliphatic rings. The van der Waals surface area contributed by atoms with Gasteiger partial charge in [0.15, 0.2) is 0 Å². The van der Waals surface area contributed by atoms with Crippen molar-refractivity contribution in [1.82, 2.24) is 14.7 Å². The third-order valence-electron chi connectivity index (χ3n) is 5.43. The lowest BCUT2D eigenvalue weighted by atomic mass is 9.85. The predicted molar refractivity (Wildman–Crippen MR) is 97.9 cm³/mol. The lowest BCUT2D eigenvalue weighted by Gasteiger charge is -2.37. The maximum absolute atomic E-state index is 12.7. The molecule has 0 radical (unpaired) electrons. The average Bonchev–Trinajstić information content (AvgIpc) is 2.59. The van der Waals surface area contributed by atoms with Crippen molar-refractivity contribution in [2.45, 2.75) is 32.7 Å². The molecule has 1 aliphatic heterocycles. The van der Waals surface area contributed by atoms with Crippen LogP contribution in [0.25, 0.3) is 0 Å². The summed E-state index contributed by atoms with van der Waals surface area (Å²) in [5.41, 5.74) is 1.26. The second kappa shape index (κ2) is 8.48. The maximum Gasteiger partial charge on any atom is 0.236 e. The highest BCUT2D eigenvalue weighted by Gasteiger charge is 2.26. The van der Waals surface area contributed by atoms with Crippen molar-refractivity contribution >= 4 is 11.8 Å². The van der Waals surface area contributed by atoms with Gasteiger partial charge in [0.1, 0.15) is 0 Å². The summed E-state index contributed by atoms with van der Waals surface area (Å²) in [5, 5.41) is 0. The zero-order valence-corrected chi connectivity index (χ0v) is 15.2. The molecule has 1 saturated carbocycles. The minimum atomic E-state index is 0.0998. The smallest absolute Gasteiger partial charge is 0.236 e. The Kier molecular flexibility index (Phi) is 6.08. The molecular formula is C20H29N3O2. The molecule has 0 aromatic heterocycles. The van der Waals surface area contributed by atoms with Crippen molar-refractivity contribution in [3.63, 3.8) is 0 Å². The summed E-state index contributed by atoms with van der Waals surface area (Å²) in [5.74, 6) is 1.03. The first-order valence-corrected chi connectivity index (χ1v) is 9.41. The van der Waals surface area contributed by atoms with Crippen molar-refractivity contribution in [2.24, 2.45) is 5.92 Å². The SMILES string of the molecule is CC(=O)N1CCN(C(=O)CN(Cc2ccccc2)CC2CCC2)CC1. The van der Waals surface area contributed by atoms with E-state index >= 15 is 0 Å². The number of hydrogen-bond donors (Lipinski definition) is 0. The Labute approximate surface area is 150 Å². The first-order chi connectivity index (χ1) is 12.1. The van der Waals surface area contributed by atoms with Gasteiger partial charge in [-0.3, -0.25) is 14.5 Å². The highest BCUT2D eigenvalue weighted by molar-refractivity contribution is 5.79. The number of amides is 2. The Morgan fingerprint density at radius 2 is 1.68 bits per heavy atom. The molecule has 0 atom stereocenters. The van der Waals surface area contributed by atoms with Crippen LogP contribution in [0.4, 0.5) is 0 Å². The van der Waals surface area contributed by atoms with Crippen molar-refractivity contribution in [3.8, 4) is 0 Å². The number of hydrogen-bond acceptors (Lipinski definition) is 3. The number of piperazine rings is 1. The van der Waals surface area contributed by atoms with E-state index in [1.165, 1.54) is 24.8 Å². The minimum absolute atomic E-state index is 0.0998. The average molecular weight is 343 g/mol. The van der Waals surface area contributed by atoms with Gasteiger partial charge in [-0.05, 0) is 24.3 Å². The quantitative estimate of drug-likeness (QED) is 0.793. The highest BCUT2D eigenvalue weighted by atomic mass is 16.2. The van der Waals surface area contributed by atoms with Crippen LogP contribution in [0, 0.1) is 5.92 Å². The van der Waals surface area contributed by atoms with Gasteiger partial charge in [0.2, 0.25) is 11.8 Å². The molecular weight excluding hydrogens is 314 g/mol. The fraction of sp³-hybridized carbons (Fsp3) is 0.600. The van der Waals surface area contributed by atoms with Gasteiger partial charge in [-0.2, -0.15) is 0 Å². The van der Waals surface area contributed by atoms with E-state index in [0.717, 1.165) is 19.0 Å². The van der Waals surface area contributed by atoms with Crippen LogP contribution in [0.5, 0.6) is 0 Å². The lowest BCUT2D eigenvalue weighted by molar-refractivity contribution is -0.139. The highest BCUT2D eigenvalue weighted by Crippen LogP contribution is 2.27. The molecule has 3 rings (SSSR count). The van der Waals surface area contributed by atoms with Crippen molar-refractivity contribution in [1.29, 1.82) is 0 Å². The standard InChI is InChI=1S/C20H29N3O2/c1-17(24)22-10-12-23(13-11-22)20(25)16-21(15-19-8-5-9-19)14-18-6-3-2-4-7-18/h2-4,6-7,19H,5,8-16H2,1H3. The first kappa shape index (κ1) is 17.9. The van der Waals surface area contributed by atoms with Crippen LogP contribution < -0.4 is 0 Å². The second-order valence-electron chi connectivity index (χ2n) is 7.34. The summed E-state index contributed by atoms with van der Waals surface area (Å²) in [6.45, 7) is 6.53. The van der Waals surface area contributed by atoms with Gasteiger partial charge in [-0.25, -0.2) is 0 Å². The second-order valence-corrected chi connectivity index (χ2v) is 7.34. The zero-order valence-electron chi connectivity index (χ0n) is 15.2. The zero-order chi connectivity index (χ0) is 17.6. The number of nitrogens with zero attached hydrogens (tertiary/aromatic N) is 3. The van der Waals surface area contributed by atoms with E-state index in [4.69, 9.17) is 0 Å². The van der Waals surface area contributed by atoms with Crippen LogP contribution in [0.1, 0.15) is 31.7 Å². The van der Waals surface area contributed by atoms with E-state index in [1.807, 2.05) is 15.9 Å². The van der Waals surface area contributed by atoms with Crippen LogP contribution in [0.15, 0.2) is 30.3 Å². The number of rotatable bonds is 6. The topological polar surface area (TPSA) is 43.9 Å². The molecule has 0 N–H and O–H groups in total. The van der Waals surface area contributed by atoms with Gasteiger partial charge in [-0.15, -0.1) is 0 Å². The summed E-state index contributed by atoms with van der Waals surface area (Å²) in [7, 11) is 0. The molecule has 1 aliphatic carbocycles. The molecule has 1 aromatic carbocycles. The molecule has 136 valence electrons. The molecule has 0 unspecified atom stereocenters. The van der Waals surface area contributed by atoms with Crippen molar-refractivity contribution < 1.29 is 9.59 Å². The van der Waals surface area contributed by atoms with E-state index in [2.05, 4.69) is 29.2 Å². The Morgan fingerprint density at radius 1 is 1.04 bits per heavy atom. The third kappa shape index (κ3) is 5.05. The minimum Gasteiger partial charge on any atom is -0.339 e. The molecule has 1 heterocycles. The summed E-state index contributed by atoms with van der Waals surface area (Å²) < 4.78 is 0. The lowest BCUT2D eigenvalue weighted by Crippen LogP contribution is -2.52. The van der Waals surface area contributed by atoms with Crippen LogP contribution in [-0.2, 0) is 16.1 Å². The number of carbonyl (C=O) groups is 2. The van der Waals surface area contributed by atoms with E-state index < -0.39 is 0 Å². The van der Waals surface area contributed by atoms with E-state index in [-0.39, 0.29) is 11.8 Å². The van der Waals surface area contributed by atoms with Gasteiger partial charge in [-0.1, -0.05) is 36.8 Å². The monoisotopic (exact) mass is 343 g/mol. The van der Waals surface area contributed by atoms with Gasteiger partial charge in [0.25, 0.3) is 0 Å². The normalized spacial score (nSPS) is 18.3. The fourth-order valence-electron chi connectivity index (χ4n) is 3.63. The number of carbonyl (C=O) groups excluding carboxylic acids is 2. The van der Waals surface area contributed by atoms with E-state index in [9.17, 15) is 9.59 Å². The summed E-state index contributed by atoms with van der Waals surface area (Å²) in [6.07, 6.45) is 3.90. The third-order valence-corrected chi connectivity index (χ3v) is 5.43. The molecule has 2 amide bonds. The molecule has 1 aromatic rings. The summed E-state index contributed by atoms with van der Waals surface area (Å²) >= 11 is 0. The summed E-state index contributed by atoms with van der Waals surface area (Å²) in [4.78, 5) is 30.2. The Hall–Kier alpha value is -1.88. The van der Waals surface area contributed by atoms with Crippen molar-refractivity contribution in [2.75, 3.05) is 39.3 Å². The van der Waals surface area contributed by atoms with Crippen LogP contribution in [0.2, 0.25) is 0 Å².